The Bertz CT molecular complexity index is 964. The molecule has 1 unspecified atom stereocenters. The molecule has 1 aromatic heterocycles. The van der Waals surface area contributed by atoms with E-state index in [1.54, 1.807) is 6.07 Å². The van der Waals surface area contributed by atoms with Gasteiger partial charge in [0.1, 0.15) is 6.29 Å². The van der Waals surface area contributed by atoms with E-state index >= 15 is 0 Å². The van der Waals surface area contributed by atoms with E-state index in [9.17, 15) is 13.2 Å². The summed E-state index contributed by atoms with van der Waals surface area (Å²) < 4.78 is 38.5. The molecule has 0 saturated carbocycles. The van der Waals surface area contributed by atoms with Gasteiger partial charge in [-0.3, -0.25) is 0 Å². The molecular weight excluding hydrogens is 398 g/mol. The van der Waals surface area contributed by atoms with Crippen molar-refractivity contribution in [3.63, 3.8) is 0 Å². The molecule has 0 aliphatic heterocycles. The molecule has 0 spiro atoms. The fourth-order valence-electron chi connectivity index (χ4n) is 2.79. The number of nitrogens with one attached hydrogen (secondary N) is 1. The molecule has 3 aromatic rings. The Morgan fingerprint density at radius 1 is 1.11 bits per heavy atom. The quantitative estimate of drug-likeness (QED) is 0.442. The molecule has 27 heavy (non-hydrogen) atoms. The molecule has 0 aliphatic carbocycles. The van der Waals surface area contributed by atoms with E-state index in [1.165, 1.54) is 13.0 Å². The number of aldehydes is 1. The van der Waals surface area contributed by atoms with Crippen LogP contribution in [0.25, 0.3) is 10.9 Å². The van der Waals surface area contributed by atoms with Crippen LogP contribution in [0.3, 0.4) is 0 Å². The first-order chi connectivity index (χ1) is 12.6. The first-order valence-corrected chi connectivity index (χ1v) is 8.89. The Morgan fingerprint density at radius 2 is 1.74 bits per heavy atom. The first kappa shape index (κ1) is 21.3. The SMILES string of the molecule is CC=O.Cc1ccc(Cl)c(C(C)c2cc3ccc(C(F)(F)F)cc3[nH]2)c1Cl. The summed E-state index contributed by atoms with van der Waals surface area (Å²) >= 11 is 12.7. The van der Waals surface area contributed by atoms with Crippen LogP contribution >= 0.6 is 23.2 Å². The lowest BCUT2D eigenvalue weighted by Crippen LogP contribution is -2.04. The van der Waals surface area contributed by atoms with Gasteiger partial charge in [-0.15, -0.1) is 0 Å². The monoisotopic (exact) mass is 415 g/mol. The molecule has 2 nitrogen and oxygen atoms in total. The number of aromatic amines is 1. The third-order valence-corrected chi connectivity index (χ3v) is 5.02. The van der Waals surface area contributed by atoms with Gasteiger partial charge < -0.3 is 9.78 Å². The number of hydrogen-bond donors (Lipinski definition) is 1. The standard InChI is InChI=1S/C18H14Cl2F3N.C2H4O/c1-9-3-6-13(19)16(17(9)20)10(2)14-7-11-4-5-12(18(21,22)23)8-15(11)24-14;1-2-3/h3-8,10,24H,1-2H3;2H,1H3. The normalized spacial score (nSPS) is 12.4. The van der Waals surface area contributed by atoms with Gasteiger partial charge in [0.25, 0.3) is 0 Å². The van der Waals surface area contributed by atoms with Gasteiger partial charge in [0.05, 0.1) is 5.56 Å². The number of H-pyrrole nitrogens is 1. The molecule has 1 atom stereocenters. The summed E-state index contributed by atoms with van der Waals surface area (Å²) in [4.78, 5) is 11.9. The molecule has 7 heteroatoms. The predicted octanol–water partition coefficient (Wildman–Crippen LogP) is 7.16. The van der Waals surface area contributed by atoms with Crippen LogP contribution in [-0.2, 0) is 11.0 Å². The number of carbonyl (C=O) groups excluding carboxylic acids is 1. The highest BCUT2D eigenvalue weighted by Gasteiger charge is 2.30. The van der Waals surface area contributed by atoms with Crippen molar-refractivity contribution in [3.05, 3.63) is 68.8 Å². The van der Waals surface area contributed by atoms with Gasteiger partial charge in [-0.1, -0.05) is 42.3 Å². The van der Waals surface area contributed by atoms with E-state index in [-0.39, 0.29) is 5.92 Å². The summed E-state index contributed by atoms with van der Waals surface area (Å²) in [6.45, 7) is 5.25. The van der Waals surface area contributed by atoms with Gasteiger partial charge >= 0.3 is 6.18 Å². The average Bonchev–Trinajstić information content (AvgIpc) is 3.01. The lowest BCUT2D eigenvalue weighted by Gasteiger charge is -2.15. The fraction of sp³-hybridized carbons (Fsp3) is 0.250. The van der Waals surface area contributed by atoms with Gasteiger partial charge in [0.15, 0.2) is 0 Å². The van der Waals surface area contributed by atoms with Crippen LogP contribution in [0.1, 0.15) is 42.1 Å². The van der Waals surface area contributed by atoms with Crippen LogP contribution in [0.5, 0.6) is 0 Å². The fourth-order valence-corrected chi connectivity index (χ4v) is 3.49. The van der Waals surface area contributed by atoms with E-state index in [1.807, 2.05) is 26.0 Å². The number of carbonyl (C=O) groups is 1. The maximum absolute atomic E-state index is 12.8. The third kappa shape index (κ3) is 4.66. The van der Waals surface area contributed by atoms with Gasteiger partial charge in [0, 0.05) is 27.2 Å². The molecule has 0 bridgehead atoms. The van der Waals surface area contributed by atoms with Crippen molar-refractivity contribution in [2.45, 2.75) is 32.9 Å². The van der Waals surface area contributed by atoms with Crippen LogP contribution in [0, 0.1) is 6.92 Å². The summed E-state index contributed by atoms with van der Waals surface area (Å²) in [5.41, 5.74) is 2.19. The van der Waals surface area contributed by atoms with Crippen LogP contribution in [0.2, 0.25) is 10.0 Å². The minimum absolute atomic E-state index is 0.174. The third-order valence-electron chi connectivity index (χ3n) is 4.19. The largest absolute Gasteiger partial charge is 0.416 e. The lowest BCUT2D eigenvalue weighted by atomic mass is 9.96. The average molecular weight is 416 g/mol. The molecule has 1 heterocycles. The van der Waals surface area contributed by atoms with Crippen LogP contribution in [0.15, 0.2) is 36.4 Å². The Labute approximate surface area is 165 Å². The second-order valence-electron chi connectivity index (χ2n) is 6.07. The van der Waals surface area contributed by atoms with Crippen molar-refractivity contribution in [1.29, 1.82) is 0 Å². The number of aromatic nitrogens is 1. The van der Waals surface area contributed by atoms with Crippen LogP contribution in [-0.4, -0.2) is 11.3 Å². The van der Waals surface area contributed by atoms with E-state index in [0.29, 0.717) is 20.9 Å². The summed E-state index contributed by atoms with van der Waals surface area (Å²) in [6.07, 6.45) is -3.62. The van der Waals surface area contributed by atoms with Crippen molar-refractivity contribution in [3.8, 4) is 0 Å². The Morgan fingerprint density at radius 3 is 2.33 bits per heavy atom. The number of halogens is 5. The molecule has 1 N–H and O–H groups in total. The zero-order valence-electron chi connectivity index (χ0n) is 14.9. The molecule has 0 saturated heterocycles. The Hall–Kier alpha value is -1.98. The zero-order chi connectivity index (χ0) is 20.4. The molecule has 0 fully saturated rings. The summed E-state index contributed by atoms with van der Waals surface area (Å²) in [5.74, 6) is -0.174. The number of benzene rings is 2. The Balaban J connectivity index is 0.000000817. The number of alkyl halides is 3. The van der Waals surface area contributed by atoms with Crippen molar-refractivity contribution in [1.82, 2.24) is 4.98 Å². The minimum atomic E-state index is -4.37. The zero-order valence-corrected chi connectivity index (χ0v) is 16.4. The van der Waals surface area contributed by atoms with Gasteiger partial charge in [0.2, 0.25) is 0 Å². The number of aryl methyl sites for hydroxylation is 1. The molecule has 0 radical (unpaired) electrons. The summed E-state index contributed by atoms with van der Waals surface area (Å²) in [5, 5.41) is 1.82. The van der Waals surface area contributed by atoms with E-state index in [4.69, 9.17) is 28.0 Å². The highest BCUT2D eigenvalue weighted by atomic mass is 35.5. The van der Waals surface area contributed by atoms with Crippen molar-refractivity contribution < 1.29 is 18.0 Å². The van der Waals surface area contributed by atoms with Gasteiger partial charge in [-0.25, -0.2) is 0 Å². The summed E-state index contributed by atoms with van der Waals surface area (Å²) in [6, 6.07) is 9.10. The smallest absolute Gasteiger partial charge is 0.358 e. The number of hydrogen-bond acceptors (Lipinski definition) is 1. The minimum Gasteiger partial charge on any atom is -0.358 e. The highest BCUT2D eigenvalue weighted by Crippen LogP contribution is 2.38. The second kappa shape index (κ2) is 8.36. The molecular formula is C20H18Cl2F3NO. The second-order valence-corrected chi connectivity index (χ2v) is 6.86. The molecule has 2 aromatic carbocycles. The Kier molecular flexibility index (Phi) is 6.60. The first-order valence-electron chi connectivity index (χ1n) is 8.14. The van der Waals surface area contributed by atoms with Crippen molar-refractivity contribution in [2.75, 3.05) is 0 Å². The molecule has 0 aliphatic rings. The predicted molar refractivity (Wildman–Crippen MR) is 104 cm³/mol. The van der Waals surface area contributed by atoms with Crippen LogP contribution in [0.4, 0.5) is 13.2 Å². The molecule has 0 amide bonds. The van der Waals surface area contributed by atoms with E-state index < -0.39 is 11.7 Å². The van der Waals surface area contributed by atoms with Crippen molar-refractivity contribution >= 4 is 40.4 Å². The van der Waals surface area contributed by atoms with E-state index in [2.05, 4.69) is 4.98 Å². The maximum atomic E-state index is 12.8. The number of fused-ring (bicyclic) bond motifs is 1. The topological polar surface area (TPSA) is 32.9 Å². The van der Waals surface area contributed by atoms with E-state index in [0.717, 1.165) is 35.2 Å². The van der Waals surface area contributed by atoms with Gasteiger partial charge in [-0.05, 0) is 54.6 Å². The van der Waals surface area contributed by atoms with Crippen molar-refractivity contribution in [2.24, 2.45) is 0 Å². The lowest BCUT2D eigenvalue weighted by molar-refractivity contribution is -0.137. The summed E-state index contributed by atoms with van der Waals surface area (Å²) in [7, 11) is 0. The molecule has 144 valence electrons. The highest BCUT2D eigenvalue weighted by molar-refractivity contribution is 6.36. The number of rotatable bonds is 2. The molecule has 3 rings (SSSR count). The van der Waals surface area contributed by atoms with Gasteiger partial charge in [-0.2, -0.15) is 13.2 Å². The van der Waals surface area contributed by atoms with Crippen LogP contribution < -0.4 is 0 Å². The maximum Gasteiger partial charge on any atom is 0.416 e.